The number of hydrogen-bond acceptors (Lipinski definition) is 3. The molecule has 150 valence electrons. The first-order valence-corrected chi connectivity index (χ1v) is 9.03. The van der Waals surface area contributed by atoms with E-state index in [0.29, 0.717) is 11.1 Å². The molecule has 1 aliphatic carbocycles. The van der Waals surface area contributed by atoms with Crippen molar-refractivity contribution in [2.75, 3.05) is 6.54 Å². The van der Waals surface area contributed by atoms with Crippen molar-refractivity contribution in [1.29, 1.82) is 0 Å². The quantitative estimate of drug-likeness (QED) is 0.661. The second-order valence-corrected chi connectivity index (χ2v) is 7.67. The van der Waals surface area contributed by atoms with Crippen LogP contribution in [-0.4, -0.2) is 35.0 Å². The van der Waals surface area contributed by atoms with Gasteiger partial charge in [0.15, 0.2) is 0 Å². The summed E-state index contributed by atoms with van der Waals surface area (Å²) in [6, 6.07) is 1.05. The van der Waals surface area contributed by atoms with Gasteiger partial charge in [-0.1, -0.05) is 11.6 Å². The van der Waals surface area contributed by atoms with Gasteiger partial charge in [0.2, 0.25) is 0 Å². The van der Waals surface area contributed by atoms with Gasteiger partial charge in [0.05, 0.1) is 17.1 Å². The van der Waals surface area contributed by atoms with Crippen molar-refractivity contribution in [3.05, 3.63) is 33.8 Å². The summed E-state index contributed by atoms with van der Waals surface area (Å²) in [5, 5.41) is 7.01. The zero-order chi connectivity index (χ0) is 20.3. The molecule has 0 bridgehead atoms. The number of amides is 5. The molecule has 3 aliphatic rings. The van der Waals surface area contributed by atoms with Crippen molar-refractivity contribution in [1.82, 2.24) is 20.9 Å². The highest BCUT2D eigenvalue weighted by molar-refractivity contribution is 6.31. The maximum atomic E-state index is 13.0. The number of nitrogens with one attached hydrogen (secondary N) is 3. The predicted molar refractivity (Wildman–Crippen MR) is 91.2 cm³/mol. The Morgan fingerprint density at radius 1 is 1.25 bits per heavy atom. The van der Waals surface area contributed by atoms with Crippen LogP contribution in [0.3, 0.4) is 0 Å². The van der Waals surface area contributed by atoms with E-state index >= 15 is 0 Å². The first-order chi connectivity index (χ1) is 13.1. The van der Waals surface area contributed by atoms with Gasteiger partial charge in [-0.3, -0.25) is 10.1 Å². The fourth-order valence-corrected chi connectivity index (χ4v) is 4.04. The summed E-state index contributed by atoms with van der Waals surface area (Å²) < 4.78 is 39.0. The summed E-state index contributed by atoms with van der Waals surface area (Å²) in [6.45, 7) is 0.0138. The van der Waals surface area contributed by atoms with Gasteiger partial charge in [-0.05, 0) is 42.0 Å². The fraction of sp³-hybridized carbons (Fsp3) is 0.471. The fourth-order valence-electron chi connectivity index (χ4n) is 3.75. The van der Waals surface area contributed by atoms with E-state index in [-0.39, 0.29) is 25.6 Å². The van der Waals surface area contributed by atoms with E-state index in [2.05, 4.69) is 16.0 Å². The van der Waals surface area contributed by atoms with Gasteiger partial charge < -0.3 is 15.5 Å². The molecule has 7 nitrogen and oxygen atoms in total. The molecule has 0 radical (unpaired) electrons. The van der Waals surface area contributed by atoms with Crippen LogP contribution < -0.4 is 16.0 Å². The molecule has 1 aromatic rings. The van der Waals surface area contributed by atoms with E-state index in [1.54, 1.807) is 0 Å². The molecule has 0 aromatic heterocycles. The molecule has 0 spiro atoms. The lowest BCUT2D eigenvalue weighted by molar-refractivity contribution is -0.137. The van der Waals surface area contributed by atoms with Crippen molar-refractivity contribution in [3.8, 4) is 0 Å². The maximum Gasteiger partial charge on any atom is 0.417 e. The Kier molecular flexibility index (Phi) is 4.22. The lowest BCUT2D eigenvalue weighted by Crippen LogP contribution is -2.58. The summed E-state index contributed by atoms with van der Waals surface area (Å²) in [6.07, 6.45) is -3.05. The second-order valence-electron chi connectivity index (χ2n) is 7.27. The molecule has 1 aromatic carbocycles. The number of benzene rings is 1. The van der Waals surface area contributed by atoms with Crippen molar-refractivity contribution >= 4 is 29.6 Å². The van der Waals surface area contributed by atoms with Gasteiger partial charge in [-0.25, -0.2) is 9.59 Å². The molecule has 1 saturated carbocycles. The highest BCUT2D eigenvalue weighted by atomic mass is 35.5. The van der Waals surface area contributed by atoms with Crippen LogP contribution in [0.1, 0.15) is 29.5 Å². The van der Waals surface area contributed by atoms with Gasteiger partial charge >= 0.3 is 18.2 Å². The average Bonchev–Trinajstić information content (AvgIpc) is 3.30. The van der Waals surface area contributed by atoms with E-state index < -0.39 is 40.3 Å². The Morgan fingerprint density at radius 2 is 1.89 bits per heavy atom. The largest absolute Gasteiger partial charge is 0.417 e. The van der Waals surface area contributed by atoms with Crippen molar-refractivity contribution in [2.24, 2.45) is 5.92 Å². The molecule has 2 aliphatic heterocycles. The third kappa shape index (κ3) is 3.15. The third-order valence-electron chi connectivity index (χ3n) is 5.37. The smallest absolute Gasteiger partial charge is 0.335 e. The number of imide groups is 1. The molecule has 1 saturated heterocycles. The highest BCUT2D eigenvalue weighted by Gasteiger charge is 2.56. The summed E-state index contributed by atoms with van der Waals surface area (Å²) in [7, 11) is 0. The van der Waals surface area contributed by atoms with Crippen LogP contribution in [0, 0.1) is 5.92 Å². The number of carbonyl (C=O) groups excluding carboxylic acids is 3. The van der Waals surface area contributed by atoms with Gasteiger partial charge in [-0.2, -0.15) is 13.2 Å². The zero-order valence-electron chi connectivity index (χ0n) is 14.5. The minimum atomic E-state index is -4.58. The number of urea groups is 2. The summed E-state index contributed by atoms with van der Waals surface area (Å²) in [5.41, 5.74) is -1.20. The molecule has 2 heterocycles. The van der Waals surface area contributed by atoms with E-state index in [1.165, 1.54) is 11.0 Å². The number of rotatable bonds is 3. The molecule has 11 heteroatoms. The van der Waals surface area contributed by atoms with Crippen LogP contribution in [-0.2, 0) is 24.1 Å². The van der Waals surface area contributed by atoms with Gasteiger partial charge in [0, 0.05) is 13.1 Å². The number of halogens is 4. The lowest BCUT2D eigenvalue weighted by atomic mass is 9.93. The number of nitrogens with zero attached hydrogens (tertiary/aromatic N) is 1. The van der Waals surface area contributed by atoms with Crippen LogP contribution in [0.15, 0.2) is 12.1 Å². The SMILES string of the molecule is O=C1NC(=O)[C@](CNC(=O)N2Cc3cc(Cl)c(C(F)(F)F)cc3C2)(C2CC2)N1. The molecule has 5 amide bonds. The van der Waals surface area contributed by atoms with Crippen LogP contribution in [0.2, 0.25) is 5.02 Å². The Bertz CT molecular complexity index is 887. The van der Waals surface area contributed by atoms with E-state index in [1.807, 2.05) is 0 Å². The van der Waals surface area contributed by atoms with Crippen LogP contribution in [0.4, 0.5) is 22.8 Å². The lowest BCUT2D eigenvalue weighted by Gasteiger charge is -2.27. The monoisotopic (exact) mass is 416 g/mol. The first-order valence-electron chi connectivity index (χ1n) is 8.65. The van der Waals surface area contributed by atoms with E-state index in [0.717, 1.165) is 18.9 Å². The highest BCUT2D eigenvalue weighted by Crippen LogP contribution is 2.41. The molecular weight excluding hydrogens is 401 g/mol. The molecule has 2 fully saturated rings. The molecule has 3 N–H and O–H groups in total. The van der Waals surface area contributed by atoms with Gasteiger partial charge in [0.1, 0.15) is 5.54 Å². The van der Waals surface area contributed by atoms with Crippen molar-refractivity contribution in [2.45, 2.75) is 37.6 Å². The minimum Gasteiger partial charge on any atom is -0.335 e. The predicted octanol–water partition coefficient (Wildman–Crippen LogP) is 2.37. The van der Waals surface area contributed by atoms with E-state index in [9.17, 15) is 27.6 Å². The Morgan fingerprint density at radius 3 is 2.43 bits per heavy atom. The van der Waals surface area contributed by atoms with E-state index in [4.69, 9.17) is 11.6 Å². The molecular formula is C17H16ClF3N4O3. The molecule has 4 rings (SSSR count). The van der Waals surface area contributed by atoms with Crippen molar-refractivity contribution < 1.29 is 27.6 Å². The molecule has 28 heavy (non-hydrogen) atoms. The van der Waals surface area contributed by atoms with Gasteiger partial charge in [-0.15, -0.1) is 0 Å². The Labute approximate surface area is 162 Å². The number of alkyl halides is 3. The third-order valence-corrected chi connectivity index (χ3v) is 5.68. The van der Waals surface area contributed by atoms with Crippen LogP contribution in [0.25, 0.3) is 0 Å². The maximum absolute atomic E-state index is 13.0. The summed E-state index contributed by atoms with van der Waals surface area (Å²) >= 11 is 5.73. The summed E-state index contributed by atoms with van der Waals surface area (Å²) in [5.74, 6) is -0.533. The normalized spacial score (nSPS) is 24.1. The number of fused-ring (bicyclic) bond motifs is 1. The summed E-state index contributed by atoms with van der Waals surface area (Å²) in [4.78, 5) is 37.6. The standard InChI is InChI=1S/C17H16ClF3N4O3/c18-12-4-9-6-25(5-8(9)3-11(12)17(19,20)21)15(28)22-7-16(10-1-2-10)13(26)23-14(27)24-16/h3-4,10H,1-2,5-7H2,(H,22,28)(H2,23,24,26,27)/t16-/m0/s1. The minimum absolute atomic E-state index is 0.00357. The van der Waals surface area contributed by atoms with Crippen LogP contribution in [0.5, 0.6) is 0 Å². The zero-order valence-corrected chi connectivity index (χ0v) is 15.2. The Balaban J connectivity index is 1.45. The topological polar surface area (TPSA) is 90.5 Å². The van der Waals surface area contributed by atoms with Crippen LogP contribution >= 0.6 is 11.6 Å². The molecule has 1 atom stereocenters. The number of carbonyl (C=O) groups is 3. The average molecular weight is 417 g/mol. The number of hydrogen-bond donors (Lipinski definition) is 3. The van der Waals surface area contributed by atoms with Gasteiger partial charge in [0.25, 0.3) is 5.91 Å². The first kappa shape index (κ1) is 18.9. The second kappa shape index (κ2) is 6.26. The molecule has 0 unspecified atom stereocenters. The van der Waals surface area contributed by atoms with Crippen molar-refractivity contribution in [3.63, 3.8) is 0 Å². The Hall–Kier alpha value is -2.49.